The lowest BCUT2D eigenvalue weighted by Crippen LogP contribution is -2.82. The van der Waals surface area contributed by atoms with Crippen molar-refractivity contribution in [1.82, 2.24) is 14.7 Å². The molecule has 1 aromatic carbocycles. The van der Waals surface area contributed by atoms with Crippen LogP contribution in [0.25, 0.3) is 0 Å². The number of piperazine rings is 1. The molecule has 2 atom stereocenters. The van der Waals surface area contributed by atoms with Crippen LogP contribution in [0.3, 0.4) is 0 Å². The maximum Gasteiger partial charge on any atom is 0.252 e. The number of nitrogens with zero attached hydrogens (tertiary/aromatic N) is 3. The Bertz CT molecular complexity index is 822. The Morgan fingerprint density at radius 3 is 2.62 bits per heavy atom. The second kappa shape index (κ2) is 7.12. The number of likely N-dealkylation sites (tertiary alicyclic amines) is 1. The van der Waals surface area contributed by atoms with Crippen molar-refractivity contribution in [2.24, 2.45) is 0 Å². The number of β-amino-alcohol motifs (C(OH)–C–C–N with tert-alkyl or cyclic N) is 1. The van der Waals surface area contributed by atoms with Gasteiger partial charge in [0.25, 0.3) is 5.91 Å². The number of aliphatic hydroxyl groups excluding tert-OH is 1. The normalized spacial score (nSPS) is 30.6. The molecule has 1 spiro atoms. The van der Waals surface area contributed by atoms with Gasteiger partial charge in [0.15, 0.2) is 0 Å². The zero-order valence-corrected chi connectivity index (χ0v) is 16.3. The number of hydrogen-bond acceptors (Lipinski definition) is 6. The van der Waals surface area contributed by atoms with Gasteiger partial charge in [0.1, 0.15) is 11.4 Å². The molecule has 1 N–H and O–H groups in total. The molecule has 4 heterocycles. The SMILES string of the molecule is O=C1[C@@H]2C[C@@H](O)CN2C2(CN(C3CCOCC3)C2)C(=O)N1Cc1ccccc1F. The van der Waals surface area contributed by atoms with Gasteiger partial charge in [-0.25, -0.2) is 4.39 Å². The van der Waals surface area contributed by atoms with Crippen molar-refractivity contribution in [3.63, 3.8) is 0 Å². The number of aliphatic hydroxyl groups is 1. The minimum absolute atomic E-state index is 0.0657. The predicted octanol–water partition coefficient (Wildman–Crippen LogP) is 0.363. The summed E-state index contributed by atoms with van der Waals surface area (Å²) in [6.07, 6.45) is 1.57. The number of hydrogen-bond donors (Lipinski definition) is 1. The van der Waals surface area contributed by atoms with Crippen molar-refractivity contribution >= 4 is 11.8 Å². The highest BCUT2D eigenvalue weighted by molar-refractivity contribution is 6.06. The van der Waals surface area contributed by atoms with Gasteiger partial charge in [-0.3, -0.25) is 24.3 Å². The van der Waals surface area contributed by atoms with Crippen LogP contribution in [0.1, 0.15) is 24.8 Å². The summed E-state index contributed by atoms with van der Waals surface area (Å²) >= 11 is 0. The molecule has 4 fully saturated rings. The fourth-order valence-electron chi connectivity index (χ4n) is 5.37. The van der Waals surface area contributed by atoms with E-state index in [9.17, 15) is 19.1 Å². The molecule has 29 heavy (non-hydrogen) atoms. The Morgan fingerprint density at radius 1 is 1.17 bits per heavy atom. The molecular weight excluding hydrogens is 377 g/mol. The number of rotatable bonds is 3. The number of imide groups is 1. The van der Waals surface area contributed by atoms with Crippen molar-refractivity contribution in [1.29, 1.82) is 0 Å². The van der Waals surface area contributed by atoms with Gasteiger partial charge in [0, 0.05) is 44.5 Å². The number of benzene rings is 1. The van der Waals surface area contributed by atoms with E-state index >= 15 is 0 Å². The lowest BCUT2D eigenvalue weighted by molar-refractivity contribution is -0.184. The standard InChI is InChI=1S/C21H26FN3O4/c22-17-4-2-1-3-14(17)10-24-19(27)18-9-16(26)11-25(18)21(20(24)28)12-23(13-21)15-5-7-29-8-6-15/h1-4,15-16,18,26H,5-13H2/t16-,18+/m1/s1. The van der Waals surface area contributed by atoms with Gasteiger partial charge in [-0.2, -0.15) is 0 Å². The van der Waals surface area contributed by atoms with E-state index in [1.54, 1.807) is 18.2 Å². The lowest BCUT2D eigenvalue weighted by Gasteiger charge is -2.60. The highest BCUT2D eigenvalue weighted by Crippen LogP contribution is 2.42. The Hall–Kier alpha value is -1.87. The number of fused-ring (bicyclic) bond motifs is 2. The summed E-state index contributed by atoms with van der Waals surface area (Å²) < 4.78 is 19.6. The van der Waals surface area contributed by atoms with E-state index in [-0.39, 0.29) is 18.4 Å². The maximum atomic E-state index is 14.2. The molecule has 1 aromatic rings. The molecule has 7 nitrogen and oxygen atoms in total. The van der Waals surface area contributed by atoms with Gasteiger partial charge >= 0.3 is 0 Å². The maximum absolute atomic E-state index is 14.2. The third kappa shape index (κ3) is 3.01. The van der Waals surface area contributed by atoms with Gasteiger partial charge in [0.2, 0.25) is 5.91 Å². The summed E-state index contributed by atoms with van der Waals surface area (Å²) in [5, 5.41) is 10.2. The summed E-state index contributed by atoms with van der Waals surface area (Å²) in [5.74, 6) is -1.02. The third-order valence-corrected chi connectivity index (χ3v) is 6.95. The van der Waals surface area contributed by atoms with E-state index < -0.39 is 23.5 Å². The van der Waals surface area contributed by atoms with E-state index in [1.165, 1.54) is 11.0 Å². The molecule has 0 radical (unpaired) electrons. The quantitative estimate of drug-likeness (QED) is 0.735. The van der Waals surface area contributed by atoms with Gasteiger partial charge in [-0.05, 0) is 25.3 Å². The fourth-order valence-corrected chi connectivity index (χ4v) is 5.37. The molecule has 4 aliphatic rings. The fraction of sp³-hybridized carbons (Fsp3) is 0.619. The Morgan fingerprint density at radius 2 is 1.90 bits per heavy atom. The van der Waals surface area contributed by atoms with Crippen LogP contribution < -0.4 is 0 Å². The molecule has 4 saturated heterocycles. The van der Waals surface area contributed by atoms with E-state index in [4.69, 9.17) is 4.74 Å². The highest BCUT2D eigenvalue weighted by Gasteiger charge is 2.64. The summed E-state index contributed by atoms with van der Waals surface area (Å²) in [7, 11) is 0. The molecule has 156 valence electrons. The topological polar surface area (TPSA) is 73.3 Å². The largest absolute Gasteiger partial charge is 0.392 e. The van der Waals surface area contributed by atoms with Gasteiger partial charge in [-0.1, -0.05) is 18.2 Å². The van der Waals surface area contributed by atoms with E-state index in [0.29, 0.717) is 37.7 Å². The van der Waals surface area contributed by atoms with Crippen LogP contribution in [-0.4, -0.2) is 88.2 Å². The van der Waals surface area contributed by atoms with Crippen LogP contribution in [-0.2, 0) is 20.9 Å². The van der Waals surface area contributed by atoms with Crippen molar-refractivity contribution < 1.29 is 23.8 Å². The molecule has 0 bridgehead atoms. The summed E-state index contributed by atoms with van der Waals surface area (Å²) in [6.45, 7) is 2.80. The first-order chi connectivity index (χ1) is 14.0. The van der Waals surface area contributed by atoms with Crippen LogP contribution in [0.2, 0.25) is 0 Å². The predicted molar refractivity (Wildman–Crippen MR) is 101 cm³/mol. The lowest BCUT2D eigenvalue weighted by atomic mass is 9.80. The zero-order chi connectivity index (χ0) is 20.2. The van der Waals surface area contributed by atoms with Crippen molar-refractivity contribution in [2.45, 2.75) is 49.5 Å². The smallest absolute Gasteiger partial charge is 0.252 e. The molecule has 5 rings (SSSR count). The monoisotopic (exact) mass is 403 g/mol. The molecule has 2 amide bonds. The molecular formula is C21H26FN3O4. The van der Waals surface area contributed by atoms with Crippen molar-refractivity contribution in [3.05, 3.63) is 35.6 Å². The molecule has 0 saturated carbocycles. The van der Waals surface area contributed by atoms with Crippen LogP contribution in [0.4, 0.5) is 4.39 Å². The number of ether oxygens (including phenoxy) is 1. The summed E-state index contributed by atoms with van der Waals surface area (Å²) in [4.78, 5) is 32.1. The van der Waals surface area contributed by atoms with Crippen molar-refractivity contribution in [2.75, 3.05) is 32.8 Å². The number of carbonyl (C=O) groups excluding carboxylic acids is 2. The van der Waals surface area contributed by atoms with Gasteiger partial charge in [0.05, 0.1) is 18.7 Å². The Balaban J connectivity index is 1.42. The van der Waals surface area contributed by atoms with Crippen LogP contribution in [0, 0.1) is 5.82 Å². The van der Waals surface area contributed by atoms with Crippen LogP contribution in [0.15, 0.2) is 24.3 Å². The van der Waals surface area contributed by atoms with Gasteiger partial charge < -0.3 is 9.84 Å². The summed E-state index contributed by atoms with van der Waals surface area (Å²) in [5.41, 5.74) is -0.475. The molecule has 0 aliphatic carbocycles. The molecule has 0 aromatic heterocycles. The zero-order valence-electron chi connectivity index (χ0n) is 16.3. The number of carbonyl (C=O) groups is 2. The van der Waals surface area contributed by atoms with E-state index in [0.717, 1.165) is 26.1 Å². The third-order valence-electron chi connectivity index (χ3n) is 6.95. The minimum Gasteiger partial charge on any atom is -0.392 e. The van der Waals surface area contributed by atoms with Gasteiger partial charge in [-0.15, -0.1) is 0 Å². The summed E-state index contributed by atoms with van der Waals surface area (Å²) in [6, 6.07) is 6.10. The Labute approximate surface area is 169 Å². The second-order valence-electron chi connectivity index (χ2n) is 8.66. The molecule has 8 heteroatoms. The molecule has 4 aliphatic heterocycles. The Kier molecular flexibility index (Phi) is 4.70. The molecule has 0 unspecified atom stereocenters. The minimum atomic E-state index is -0.806. The average Bonchev–Trinajstić information content (AvgIpc) is 3.08. The number of amides is 2. The second-order valence-corrected chi connectivity index (χ2v) is 8.66. The average molecular weight is 403 g/mol. The first-order valence-corrected chi connectivity index (χ1v) is 10.4. The van der Waals surface area contributed by atoms with Crippen LogP contribution in [0.5, 0.6) is 0 Å². The number of halogens is 1. The first kappa shape index (κ1) is 19.1. The van der Waals surface area contributed by atoms with E-state index in [2.05, 4.69) is 4.90 Å². The van der Waals surface area contributed by atoms with Crippen molar-refractivity contribution in [3.8, 4) is 0 Å². The highest BCUT2D eigenvalue weighted by atomic mass is 19.1. The van der Waals surface area contributed by atoms with E-state index in [1.807, 2.05) is 4.90 Å². The van der Waals surface area contributed by atoms with Crippen LogP contribution >= 0.6 is 0 Å². The first-order valence-electron chi connectivity index (χ1n) is 10.4.